The number of rotatable bonds is 8. The van der Waals surface area contributed by atoms with Crippen LogP contribution < -0.4 is 0 Å². The van der Waals surface area contributed by atoms with Gasteiger partial charge in [0.1, 0.15) is 19.7 Å². The minimum absolute atomic E-state index is 0.0327. The van der Waals surface area contributed by atoms with Crippen LogP contribution in [0.25, 0.3) is 0 Å². The monoisotopic (exact) mass is 274 g/mol. The van der Waals surface area contributed by atoms with Crippen LogP contribution in [-0.4, -0.2) is 52.6 Å². The van der Waals surface area contributed by atoms with E-state index in [9.17, 15) is 4.79 Å². The first-order valence-electron chi connectivity index (χ1n) is 6.13. The van der Waals surface area contributed by atoms with Crippen molar-refractivity contribution in [3.63, 3.8) is 0 Å². The molecule has 3 unspecified atom stereocenters. The van der Waals surface area contributed by atoms with Gasteiger partial charge in [-0.05, 0) is 5.57 Å². The SMILES string of the molecule is C=C1C(OC(C)=O)CC(OCOC)C1COCOC. The molecule has 19 heavy (non-hydrogen) atoms. The molecule has 0 amide bonds. The minimum Gasteiger partial charge on any atom is -0.458 e. The zero-order valence-corrected chi connectivity index (χ0v) is 11.7. The number of hydrogen-bond acceptors (Lipinski definition) is 6. The zero-order valence-electron chi connectivity index (χ0n) is 11.7. The average Bonchev–Trinajstić information content (AvgIpc) is 2.64. The van der Waals surface area contributed by atoms with E-state index in [0.29, 0.717) is 13.0 Å². The molecule has 0 aromatic heterocycles. The van der Waals surface area contributed by atoms with Gasteiger partial charge in [-0.2, -0.15) is 0 Å². The van der Waals surface area contributed by atoms with E-state index in [-0.39, 0.29) is 37.7 Å². The van der Waals surface area contributed by atoms with Gasteiger partial charge < -0.3 is 23.7 Å². The Bertz CT molecular complexity index is 304. The van der Waals surface area contributed by atoms with Gasteiger partial charge in [0.15, 0.2) is 0 Å². The van der Waals surface area contributed by atoms with Crippen LogP contribution in [0, 0.1) is 5.92 Å². The lowest BCUT2D eigenvalue weighted by atomic mass is 10.0. The number of hydrogen-bond donors (Lipinski definition) is 0. The Hall–Kier alpha value is -0.950. The maximum absolute atomic E-state index is 11.1. The average molecular weight is 274 g/mol. The van der Waals surface area contributed by atoms with Crippen molar-refractivity contribution in [3.05, 3.63) is 12.2 Å². The highest BCUT2D eigenvalue weighted by molar-refractivity contribution is 5.66. The van der Waals surface area contributed by atoms with Crippen molar-refractivity contribution in [1.29, 1.82) is 0 Å². The van der Waals surface area contributed by atoms with Gasteiger partial charge >= 0.3 is 5.97 Å². The quantitative estimate of drug-likeness (QED) is 0.286. The summed E-state index contributed by atoms with van der Waals surface area (Å²) < 4.78 is 25.9. The first-order chi connectivity index (χ1) is 9.10. The molecule has 0 aliphatic heterocycles. The third-order valence-corrected chi connectivity index (χ3v) is 2.99. The Morgan fingerprint density at radius 1 is 1.32 bits per heavy atom. The van der Waals surface area contributed by atoms with Crippen LogP contribution in [0.5, 0.6) is 0 Å². The Labute approximate surface area is 113 Å². The number of carbonyl (C=O) groups is 1. The summed E-state index contributed by atoms with van der Waals surface area (Å²) in [7, 11) is 3.12. The van der Waals surface area contributed by atoms with Crippen LogP contribution in [0.15, 0.2) is 12.2 Å². The highest BCUT2D eigenvalue weighted by Crippen LogP contribution is 2.35. The zero-order chi connectivity index (χ0) is 14.3. The molecule has 1 aliphatic carbocycles. The topological polar surface area (TPSA) is 63.2 Å². The summed E-state index contributed by atoms with van der Waals surface area (Å²) in [5.41, 5.74) is 0.812. The minimum atomic E-state index is -0.324. The van der Waals surface area contributed by atoms with Gasteiger partial charge in [0.05, 0.1) is 12.7 Å². The molecule has 1 fully saturated rings. The van der Waals surface area contributed by atoms with E-state index in [0.717, 1.165) is 5.57 Å². The lowest BCUT2D eigenvalue weighted by molar-refractivity contribution is -0.145. The summed E-state index contributed by atoms with van der Waals surface area (Å²) in [5, 5.41) is 0. The predicted octanol–water partition coefficient (Wildman–Crippen LogP) is 1.10. The van der Waals surface area contributed by atoms with Crippen LogP contribution in [-0.2, 0) is 28.5 Å². The molecular weight excluding hydrogens is 252 g/mol. The molecule has 1 saturated carbocycles. The fraction of sp³-hybridized carbons (Fsp3) is 0.769. The molecule has 1 aliphatic rings. The molecule has 0 saturated heterocycles. The molecule has 0 bridgehead atoms. The van der Waals surface area contributed by atoms with E-state index in [1.807, 2.05) is 0 Å². The molecule has 3 atom stereocenters. The van der Waals surface area contributed by atoms with Crippen molar-refractivity contribution < 1.29 is 28.5 Å². The molecule has 0 aromatic rings. The smallest absolute Gasteiger partial charge is 0.303 e. The predicted molar refractivity (Wildman–Crippen MR) is 67.4 cm³/mol. The standard InChI is InChI=1S/C13H22O6/c1-9-11(6-17-7-15-3)13(18-8-16-4)5-12(9)19-10(2)14/h11-13H,1,5-8H2,2-4H3. The third-order valence-electron chi connectivity index (χ3n) is 2.99. The van der Waals surface area contributed by atoms with Crippen molar-refractivity contribution in [1.82, 2.24) is 0 Å². The molecule has 0 spiro atoms. The lowest BCUT2D eigenvalue weighted by Gasteiger charge is -2.19. The van der Waals surface area contributed by atoms with Gasteiger partial charge in [-0.3, -0.25) is 4.79 Å². The Morgan fingerprint density at radius 2 is 2.00 bits per heavy atom. The first kappa shape index (κ1) is 16.1. The van der Waals surface area contributed by atoms with Crippen LogP contribution in [0.2, 0.25) is 0 Å². The molecular formula is C13H22O6. The highest BCUT2D eigenvalue weighted by atomic mass is 16.7. The van der Waals surface area contributed by atoms with Crippen LogP contribution >= 0.6 is 0 Å². The lowest BCUT2D eigenvalue weighted by Crippen LogP contribution is -2.24. The summed E-state index contributed by atoms with van der Waals surface area (Å²) >= 11 is 0. The largest absolute Gasteiger partial charge is 0.458 e. The fourth-order valence-electron chi connectivity index (χ4n) is 2.14. The molecule has 1 rings (SSSR count). The van der Waals surface area contributed by atoms with Gasteiger partial charge in [-0.1, -0.05) is 6.58 Å². The second kappa shape index (κ2) is 8.27. The number of methoxy groups -OCH3 is 2. The van der Waals surface area contributed by atoms with Crippen molar-refractivity contribution in [2.45, 2.75) is 25.6 Å². The summed E-state index contributed by atoms with van der Waals surface area (Å²) in [4.78, 5) is 11.1. The second-order valence-electron chi connectivity index (χ2n) is 4.40. The fourth-order valence-corrected chi connectivity index (χ4v) is 2.14. The van der Waals surface area contributed by atoms with Gasteiger partial charge in [-0.15, -0.1) is 0 Å². The van der Waals surface area contributed by atoms with Crippen molar-refractivity contribution in [2.75, 3.05) is 34.4 Å². The summed E-state index contributed by atoms with van der Waals surface area (Å²) in [6.07, 6.45) is 0.118. The van der Waals surface area contributed by atoms with Gasteiger partial charge in [-0.25, -0.2) is 0 Å². The molecule has 6 heteroatoms. The summed E-state index contributed by atoms with van der Waals surface area (Å²) in [5.74, 6) is -0.357. The molecule has 0 radical (unpaired) electrons. The molecule has 0 N–H and O–H groups in total. The number of carbonyl (C=O) groups excluding carboxylic acids is 1. The van der Waals surface area contributed by atoms with Gasteiger partial charge in [0, 0.05) is 33.5 Å². The molecule has 6 nitrogen and oxygen atoms in total. The maximum Gasteiger partial charge on any atom is 0.303 e. The second-order valence-corrected chi connectivity index (χ2v) is 4.40. The van der Waals surface area contributed by atoms with E-state index in [4.69, 9.17) is 23.7 Å². The number of ether oxygens (including phenoxy) is 5. The first-order valence-corrected chi connectivity index (χ1v) is 6.13. The normalized spacial score (nSPS) is 26.7. The van der Waals surface area contributed by atoms with E-state index in [1.165, 1.54) is 6.92 Å². The van der Waals surface area contributed by atoms with E-state index in [1.54, 1.807) is 14.2 Å². The molecule has 0 heterocycles. The van der Waals surface area contributed by atoms with Crippen molar-refractivity contribution >= 4 is 5.97 Å². The molecule has 110 valence electrons. The van der Waals surface area contributed by atoms with E-state index >= 15 is 0 Å². The Kier molecular flexibility index (Phi) is 7.01. The van der Waals surface area contributed by atoms with Gasteiger partial charge in [0.2, 0.25) is 0 Å². The molecule has 0 aromatic carbocycles. The van der Waals surface area contributed by atoms with Crippen molar-refractivity contribution in [3.8, 4) is 0 Å². The van der Waals surface area contributed by atoms with Crippen LogP contribution in [0.4, 0.5) is 0 Å². The third kappa shape index (κ3) is 4.91. The van der Waals surface area contributed by atoms with Gasteiger partial charge in [0.25, 0.3) is 0 Å². The van der Waals surface area contributed by atoms with E-state index in [2.05, 4.69) is 6.58 Å². The van der Waals surface area contributed by atoms with Crippen LogP contribution in [0.1, 0.15) is 13.3 Å². The van der Waals surface area contributed by atoms with Crippen molar-refractivity contribution in [2.24, 2.45) is 5.92 Å². The highest BCUT2D eigenvalue weighted by Gasteiger charge is 2.40. The Morgan fingerprint density at radius 3 is 2.58 bits per heavy atom. The maximum atomic E-state index is 11.1. The van der Waals surface area contributed by atoms with E-state index < -0.39 is 0 Å². The summed E-state index contributed by atoms with van der Waals surface area (Å²) in [6, 6.07) is 0. The summed E-state index contributed by atoms with van der Waals surface area (Å²) in [6.45, 7) is 6.18. The number of esters is 1. The Balaban J connectivity index is 2.59. The van der Waals surface area contributed by atoms with Crippen LogP contribution in [0.3, 0.4) is 0 Å².